The first kappa shape index (κ1) is 13.9. The smallest absolute Gasteiger partial charge is 0.258 e. The van der Waals surface area contributed by atoms with Gasteiger partial charge >= 0.3 is 0 Å². The molecule has 1 saturated heterocycles. The number of rotatable bonds is 2. The third-order valence-corrected chi connectivity index (χ3v) is 4.59. The van der Waals surface area contributed by atoms with Crippen LogP contribution < -0.4 is 0 Å². The Morgan fingerprint density at radius 1 is 1.19 bits per heavy atom. The minimum Gasteiger partial charge on any atom is -0.508 e. The highest BCUT2D eigenvalue weighted by molar-refractivity contribution is 5.98. The second-order valence-electron chi connectivity index (χ2n) is 5.87. The Morgan fingerprint density at radius 2 is 2.00 bits per heavy atom. The molecule has 1 aromatic carbocycles. The van der Waals surface area contributed by atoms with Crippen LogP contribution in [0.15, 0.2) is 18.2 Å². The van der Waals surface area contributed by atoms with Crippen LogP contribution in [-0.4, -0.2) is 39.4 Å². The molecule has 21 heavy (non-hydrogen) atoms. The fourth-order valence-electron chi connectivity index (χ4n) is 3.56. The lowest BCUT2D eigenvalue weighted by molar-refractivity contribution is -0.121. The zero-order valence-electron chi connectivity index (χ0n) is 11.8. The van der Waals surface area contributed by atoms with E-state index in [0.29, 0.717) is 13.0 Å². The fourth-order valence-corrected chi connectivity index (χ4v) is 3.56. The van der Waals surface area contributed by atoms with Gasteiger partial charge < -0.3 is 15.1 Å². The Hall–Kier alpha value is -2.04. The largest absolute Gasteiger partial charge is 0.508 e. The van der Waals surface area contributed by atoms with Gasteiger partial charge in [0.05, 0.1) is 5.56 Å². The van der Waals surface area contributed by atoms with Crippen LogP contribution in [0.1, 0.15) is 42.5 Å². The van der Waals surface area contributed by atoms with Gasteiger partial charge in [0.1, 0.15) is 17.3 Å². The molecule has 1 aromatic rings. The highest BCUT2D eigenvalue weighted by atomic mass is 16.3. The predicted octanol–water partition coefficient (Wildman–Crippen LogP) is 2.07. The van der Waals surface area contributed by atoms with Gasteiger partial charge in [0.25, 0.3) is 5.91 Å². The van der Waals surface area contributed by atoms with Gasteiger partial charge in [0, 0.05) is 24.9 Å². The molecular formula is C16H19NO4. The molecule has 0 radical (unpaired) electrons. The number of nitrogens with zero attached hydrogens (tertiary/aromatic N) is 1. The van der Waals surface area contributed by atoms with Crippen LogP contribution >= 0.6 is 0 Å². The zero-order chi connectivity index (χ0) is 15.0. The average molecular weight is 289 g/mol. The van der Waals surface area contributed by atoms with Crippen molar-refractivity contribution in [3.63, 3.8) is 0 Å². The Balaban J connectivity index is 1.86. The maximum absolute atomic E-state index is 12.6. The summed E-state index contributed by atoms with van der Waals surface area (Å²) in [5.41, 5.74) is 0.104. The van der Waals surface area contributed by atoms with Gasteiger partial charge in [-0.2, -0.15) is 0 Å². The van der Waals surface area contributed by atoms with Crippen LogP contribution in [0.5, 0.6) is 11.5 Å². The number of likely N-dealkylation sites (tertiary alicyclic amines) is 1. The highest BCUT2D eigenvalue weighted by Crippen LogP contribution is 2.35. The first-order valence-corrected chi connectivity index (χ1v) is 7.43. The van der Waals surface area contributed by atoms with E-state index in [1.165, 1.54) is 18.2 Å². The average Bonchev–Trinajstić information content (AvgIpc) is 3.08. The van der Waals surface area contributed by atoms with E-state index in [1.807, 2.05) is 0 Å². The maximum Gasteiger partial charge on any atom is 0.258 e. The van der Waals surface area contributed by atoms with Crippen molar-refractivity contribution < 1.29 is 19.8 Å². The van der Waals surface area contributed by atoms with Crippen molar-refractivity contribution >= 4 is 11.7 Å². The number of carbonyl (C=O) groups excluding carboxylic acids is 2. The monoisotopic (exact) mass is 289 g/mol. The van der Waals surface area contributed by atoms with Crippen molar-refractivity contribution in [2.75, 3.05) is 6.54 Å². The van der Waals surface area contributed by atoms with Gasteiger partial charge in [0.2, 0.25) is 0 Å². The van der Waals surface area contributed by atoms with Gasteiger partial charge in [-0.25, -0.2) is 0 Å². The molecule has 5 heteroatoms. The summed E-state index contributed by atoms with van der Waals surface area (Å²) in [6.07, 6.45) is 4.07. The molecular weight excluding hydrogens is 270 g/mol. The quantitative estimate of drug-likeness (QED) is 0.817. The van der Waals surface area contributed by atoms with Crippen molar-refractivity contribution in [2.45, 2.75) is 38.1 Å². The molecule has 2 atom stereocenters. The SMILES string of the molecule is O=C1CCCC1C1CCCN1C(=O)c1cc(O)ccc1O. The van der Waals surface area contributed by atoms with Crippen molar-refractivity contribution in [1.82, 2.24) is 4.90 Å². The number of benzene rings is 1. The van der Waals surface area contributed by atoms with E-state index in [-0.39, 0.29) is 40.7 Å². The Kier molecular flexibility index (Phi) is 3.57. The van der Waals surface area contributed by atoms with E-state index in [1.54, 1.807) is 4.90 Å². The first-order chi connectivity index (χ1) is 10.1. The molecule has 1 saturated carbocycles. The van der Waals surface area contributed by atoms with E-state index in [2.05, 4.69) is 0 Å². The summed E-state index contributed by atoms with van der Waals surface area (Å²) in [6, 6.07) is 3.88. The predicted molar refractivity (Wildman–Crippen MR) is 76.2 cm³/mol. The number of aromatic hydroxyl groups is 2. The van der Waals surface area contributed by atoms with Crippen LogP contribution in [0, 0.1) is 5.92 Å². The number of amides is 1. The summed E-state index contributed by atoms with van der Waals surface area (Å²) in [5.74, 6) is -0.300. The summed E-state index contributed by atoms with van der Waals surface area (Å²) >= 11 is 0. The molecule has 1 amide bonds. The van der Waals surface area contributed by atoms with Crippen LogP contribution in [0.2, 0.25) is 0 Å². The fraction of sp³-hybridized carbons (Fsp3) is 0.500. The lowest BCUT2D eigenvalue weighted by Crippen LogP contribution is -2.41. The highest BCUT2D eigenvalue weighted by Gasteiger charge is 2.40. The molecule has 2 aliphatic rings. The van der Waals surface area contributed by atoms with Crippen LogP contribution in [-0.2, 0) is 4.79 Å². The van der Waals surface area contributed by atoms with Gasteiger partial charge in [-0.05, 0) is 43.9 Å². The summed E-state index contributed by atoms with van der Waals surface area (Å²) in [7, 11) is 0. The molecule has 2 fully saturated rings. The number of carbonyl (C=O) groups is 2. The molecule has 1 aliphatic heterocycles. The van der Waals surface area contributed by atoms with Crippen LogP contribution in [0.3, 0.4) is 0 Å². The molecule has 0 aromatic heterocycles. The van der Waals surface area contributed by atoms with Gasteiger partial charge in [-0.1, -0.05) is 0 Å². The van der Waals surface area contributed by atoms with E-state index >= 15 is 0 Å². The Labute approximate surface area is 123 Å². The van der Waals surface area contributed by atoms with Gasteiger partial charge in [-0.15, -0.1) is 0 Å². The normalized spacial score (nSPS) is 25.5. The second-order valence-corrected chi connectivity index (χ2v) is 5.87. The molecule has 112 valence electrons. The van der Waals surface area contributed by atoms with Gasteiger partial charge in [0.15, 0.2) is 0 Å². The zero-order valence-corrected chi connectivity index (χ0v) is 11.8. The summed E-state index contributed by atoms with van der Waals surface area (Å²) < 4.78 is 0. The number of Topliss-reactive ketones (excluding diaryl/α,β-unsaturated/α-hetero) is 1. The van der Waals surface area contributed by atoms with Crippen molar-refractivity contribution in [2.24, 2.45) is 5.92 Å². The Morgan fingerprint density at radius 3 is 2.71 bits per heavy atom. The summed E-state index contributed by atoms with van der Waals surface area (Å²) in [5, 5.41) is 19.4. The summed E-state index contributed by atoms with van der Waals surface area (Å²) in [4.78, 5) is 26.3. The van der Waals surface area contributed by atoms with E-state index < -0.39 is 0 Å². The number of hydrogen-bond donors (Lipinski definition) is 2. The van der Waals surface area contributed by atoms with Crippen molar-refractivity contribution in [3.05, 3.63) is 23.8 Å². The third kappa shape index (κ3) is 2.48. The summed E-state index contributed by atoms with van der Waals surface area (Å²) in [6.45, 7) is 0.600. The number of phenolic OH excluding ortho intramolecular Hbond substituents is 2. The van der Waals surface area contributed by atoms with Crippen LogP contribution in [0.4, 0.5) is 0 Å². The first-order valence-electron chi connectivity index (χ1n) is 7.43. The second kappa shape index (κ2) is 5.39. The van der Waals surface area contributed by atoms with E-state index in [9.17, 15) is 19.8 Å². The standard InChI is InChI=1S/C16H19NO4/c18-10-6-7-15(20)12(9-10)16(21)17-8-2-4-13(17)11-3-1-5-14(11)19/h6-7,9,11,13,18,20H,1-5,8H2. The molecule has 1 heterocycles. The minimum atomic E-state index is -0.300. The lowest BCUT2D eigenvalue weighted by atomic mass is 9.94. The number of ketones is 1. The van der Waals surface area contributed by atoms with E-state index in [0.717, 1.165) is 25.7 Å². The Bertz CT molecular complexity index is 584. The molecule has 2 unspecified atom stereocenters. The van der Waals surface area contributed by atoms with Crippen molar-refractivity contribution in [1.29, 1.82) is 0 Å². The minimum absolute atomic E-state index is 0.0520. The molecule has 2 N–H and O–H groups in total. The lowest BCUT2D eigenvalue weighted by Gasteiger charge is -2.29. The third-order valence-electron chi connectivity index (χ3n) is 4.59. The molecule has 0 bridgehead atoms. The maximum atomic E-state index is 12.6. The van der Waals surface area contributed by atoms with Crippen LogP contribution in [0.25, 0.3) is 0 Å². The molecule has 3 rings (SSSR count). The molecule has 1 aliphatic carbocycles. The van der Waals surface area contributed by atoms with Crippen molar-refractivity contribution in [3.8, 4) is 11.5 Å². The van der Waals surface area contributed by atoms with E-state index in [4.69, 9.17) is 0 Å². The number of phenols is 2. The molecule has 5 nitrogen and oxygen atoms in total. The van der Waals surface area contributed by atoms with Gasteiger partial charge in [-0.3, -0.25) is 9.59 Å². The number of hydrogen-bond acceptors (Lipinski definition) is 4. The molecule has 0 spiro atoms. The topological polar surface area (TPSA) is 77.8 Å².